The van der Waals surface area contributed by atoms with Crippen LogP contribution in [0.3, 0.4) is 0 Å². The quantitative estimate of drug-likeness (QED) is 0.854. The molecule has 0 aromatic carbocycles. The Morgan fingerprint density at radius 1 is 1.44 bits per heavy atom. The highest BCUT2D eigenvalue weighted by Crippen LogP contribution is 2.30. The van der Waals surface area contributed by atoms with Crippen LogP contribution in [0.5, 0.6) is 0 Å². The standard InChI is InChI=1S/C15H26N2S/c1-15(2,3)14(16)6-8-17(13-4-5-13)10-12-7-9-18-11-12/h7,9,11,13-14H,4-6,8,10,16H2,1-3H3. The van der Waals surface area contributed by atoms with Crippen LogP contribution in [0.2, 0.25) is 0 Å². The Morgan fingerprint density at radius 2 is 2.17 bits per heavy atom. The average molecular weight is 266 g/mol. The van der Waals surface area contributed by atoms with Gasteiger partial charge in [-0.25, -0.2) is 0 Å². The summed E-state index contributed by atoms with van der Waals surface area (Å²) >= 11 is 1.79. The lowest BCUT2D eigenvalue weighted by molar-refractivity contribution is 0.214. The third-order valence-electron chi connectivity index (χ3n) is 3.87. The van der Waals surface area contributed by atoms with Crippen molar-refractivity contribution < 1.29 is 0 Å². The molecule has 1 fully saturated rings. The monoisotopic (exact) mass is 266 g/mol. The molecule has 0 bridgehead atoms. The minimum Gasteiger partial charge on any atom is -0.327 e. The van der Waals surface area contributed by atoms with Crippen molar-refractivity contribution in [2.45, 2.75) is 58.7 Å². The van der Waals surface area contributed by atoms with Gasteiger partial charge in [-0.3, -0.25) is 4.90 Å². The first kappa shape index (κ1) is 14.0. The van der Waals surface area contributed by atoms with Crippen molar-refractivity contribution in [1.82, 2.24) is 4.90 Å². The summed E-state index contributed by atoms with van der Waals surface area (Å²) in [4.78, 5) is 2.62. The molecular weight excluding hydrogens is 240 g/mol. The molecule has 102 valence electrons. The Hall–Kier alpha value is -0.380. The van der Waals surface area contributed by atoms with Gasteiger partial charge in [-0.05, 0) is 47.1 Å². The Bertz CT molecular complexity index is 349. The molecule has 2 rings (SSSR count). The van der Waals surface area contributed by atoms with Gasteiger partial charge in [0.15, 0.2) is 0 Å². The second-order valence-electron chi connectivity index (χ2n) is 6.59. The normalized spacial score (nSPS) is 18.3. The Labute approximate surface area is 115 Å². The first-order chi connectivity index (χ1) is 8.47. The van der Waals surface area contributed by atoms with Crippen molar-refractivity contribution in [1.29, 1.82) is 0 Å². The highest BCUT2D eigenvalue weighted by Gasteiger charge is 2.30. The van der Waals surface area contributed by atoms with E-state index in [2.05, 4.69) is 42.5 Å². The van der Waals surface area contributed by atoms with E-state index in [1.54, 1.807) is 11.3 Å². The van der Waals surface area contributed by atoms with Gasteiger partial charge in [-0.2, -0.15) is 11.3 Å². The van der Waals surface area contributed by atoms with E-state index in [4.69, 9.17) is 5.73 Å². The fourth-order valence-electron chi connectivity index (χ4n) is 2.19. The van der Waals surface area contributed by atoms with Crippen LogP contribution < -0.4 is 5.73 Å². The maximum Gasteiger partial charge on any atom is 0.0244 e. The molecule has 1 aliphatic rings. The molecule has 1 unspecified atom stereocenters. The van der Waals surface area contributed by atoms with Gasteiger partial charge in [-0.1, -0.05) is 20.8 Å². The van der Waals surface area contributed by atoms with Gasteiger partial charge in [0.1, 0.15) is 0 Å². The van der Waals surface area contributed by atoms with Crippen molar-refractivity contribution in [2.75, 3.05) is 6.54 Å². The average Bonchev–Trinajstić information content (AvgIpc) is 3.01. The van der Waals surface area contributed by atoms with Gasteiger partial charge in [0.2, 0.25) is 0 Å². The summed E-state index contributed by atoms with van der Waals surface area (Å²) in [5, 5.41) is 4.43. The SMILES string of the molecule is CC(C)(C)C(N)CCN(Cc1ccsc1)C1CC1. The van der Waals surface area contributed by atoms with E-state index in [0.717, 1.165) is 25.6 Å². The van der Waals surface area contributed by atoms with Gasteiger partial charge in [0.05, 0.1) is 0 Å². The van der Waals surface area contributed by atoms with Gasteiger partial charge < -0.3 is 5.73 Å². The molecular formula is C15H26N2S. The van der Waals surface area contributed by atoms with Crippen LogP contribution in [-0.2, 0) is 6.54 Å². The summed E-state index contributed by atoms with van der Waals surface area (Å²) in [7, 11) is 0. The van der Waals surface area contributed by atoms with Crippen molar-refractivity contribution in [2.24, 2.45) is 11.1 Å². The lowest BCUT2D eigenvalue weighted by atomic mass is 9.85. The Morgan fingerprint density at radius 3 is 2.67 bits per heavy atom. The molecule has 3 heteroatoms. The number of nitrogens with zero attached hydrogens (tertiary/aromatic N) is 1. The first-order valence-electron chi connectivity index (χ1n) is 6.97. The van der Waals surface area contributed by atoms with Crippen LogP contribution in [0.25, 0.3) is 0 Å². The fraction of sp³-hybridized carbons (Fsp3) is 0.733. The van der Waals surface area contributed by atoms with Crippen LogP contribution in [0, 0.1) is 5.41 Å². The van der Waals surface area contributed by atoms with Crippen molar-refractivity contribution in [3.8, 4) is 0 Å². The molecule has 1 aromatic heterocycles. The molecule has 1 atom stereocenters. The molecule has 2 N–H and O–H groups in total. The van der Waals surface area contributed by atoms with E-state index < -0.39 is 0 Å². The number of thiophene rings is 1. The second-order valence-corrected chi connectivity index (χ2v) is 7.37. The molecule has 1 heterocycles. The zero-order chi connectivity index (χ0) is 13.2. The smallest absolute Gasteiger partial charge is 0.0244 e. The zero-order valence-electron chi connectivity index (χ0n) is 11.9. The number of nitrogens with two attached hydrogens (primary N) is 1. The maximum absolute atomic E-state index is 6.27. The van der Waals surface area contributed by atoms with Crippen molar-refractivity contribution in [3.05, 3.63) is 22.4 Å². The predicted molar refractivity (Wildman–Crippen MR) is 79.8 cm³/mol. The largest absolute Gasteiger partial charge is 0.327 e. The van der Waals surface area contributed by atoms with E-state index in [1.165, 1.54) is 18.4 Å². The van der Waals surface area contributed by atoms with Crippen LogP contribution in [0.15, 0.2) is 16.8 Å². The lowest BCUT2D eigenvalue weighted by Crippen LogP contribution is -2.39. The molecule has 2 nitrogen and oxygen atoms in total. The molecule has 1 saturated carbocycles. The highest BCUT2D eigenvalue weighted by atomic mass is 32.1. The Kier molecular flexibility index (Phi) is 4.46. The van der Waals surface area contributed by atoms with Crippen LogP contribution >= 0.6 is 11.3 Å². The van der Waals surface area contributed by atoms with Crippen molar-refractivity contribution in [3.63, 3.8) is 0 Å². The molecule has 0 aliphatic heterocycles. The van der Waals surface area contributed by atoms with Crippen LogP contribution in [-0.4, -0.2) is 23.5 Å². The summed E-state index contributed by atoms with van der Waals surface area (Å²) in [6.07, 6.45) is 3.84. The van der Waals surface area contributed by atoms with E-state index in [9.17, 15) is 0 Å². The van der Waals surface area contributed by atoms with Gasteiger partial charge >= 0.3 is 0 Å². The fourth-order valence-corrected chi connectivity index (χ4v) is 2.85. The first-order valence-corrected chi connectivity index (χ1v) is 7.92. The zero-order valence-corrected chi connectivity index (χ0v) is 12.7. The third kappa shape index (κ3) is 4.08. The molecule has 0 spiro atoms. The number of hydrogen-bond donors (Lipinski definition) is 1. The van der Waals surface area contributed by atoms with E-state index in [-0.39, 0.29) is 5.41 Å². The summed E-state index contributed by atoms with van der Waals surface area (Å²) < 4.78 is 0. The molecule has 18 heavy (non-hydrogen) atoms. The molecule has 1 aliphatic carbocycles. The van der Waals surface area contributed by atoms with Crippen LogP contribution in [0.4, 0.5) is 0 Å². The molecule has 0 radical (unpaired) electrons. The van der Waals surface area contributed by atoms with Crippen LogP contribution in [0.1, 0.15) is 45.6 Å². The van der Waals surface area contributed by atoms with Crippen molar-refractivity contribution >= 4 is 11.3 Å². The van der Waals surface area contributed by atoms with E-state index in [0.29, 0.717) is 6.04 Å². The van der Waals surface area contributed by atoms with Gasteiger partial charge in [0, 0.05) is 25.2 Å². The third-order valence-corrected chi connectivity index (χ3v) is 4.60. The summed E-state index contributed by atoms with van der Waals surface area (Å²) in [5.41, 5.74) is 7.94. The minimum atomic E-state index is 0.220. The molecule has 0 saturated heterocycles. The maximum atomic E-state index is 6.27. The number of rotatable bonds is 6. The topological polar surface area (TPSA) is 29.3 Å². The molecule has 1 aromatic rings. The minimum absolute atomic E-state index is 0.220. The van der Waals surface area contributed by atoms with E-state index >= 15 is 0 Å². The summed E-state index contributed by atoms with van der Waals surface area (Å²) in [6.45, 7) is 8.94. The lowest BCUT2D eigenvalue weighted by Gasteiger charge is -2.30. The summed E-state index contributed by atoms with van der Waals surface area (Å²) in [6, 6.07) is 3.35. The summed E-state index contributed by atoms with van der Waals surface area (Å²) in [5.74, 6) is 0. The van der Waals surface area contributed by atoms with Gasteiger partial charge in [0.25, 0.3) is 0 Å². The highest BCUT2D eigenvalue weighted by molar-refractivity contribution is 7.07. The Balaban J connectivity index is 1.84. The number of hydrogen-bond acceptors (Lipinski definition) is 3. The van der Waals surface area contributed by atoms with Gasteiger partial charge in [-0.15, -0.1) is 0 Å². The van der Waals surface area contributed by atoms with E-state index in [1.807, 2.05) is 0 Å². The predicted octanol–water partition coefficient (Wildman–Crippen LogP) is 3.48. The second kappa shape index (κ2) is 5.72. The molecule has 0 amide bonds.